The van der Waals surface area contributed by atoms with Crippen LogP contribution in [0.25, 0.3) is 83.9 Å². The van der Waals surface area contributed by atoms with Crippen molar-refractivity contribution in [1.29, 1.82) is 0 Å². The van der Waals surface area contributed by atoms with Crippen LogP contribution in [-0.4, -0.2) is 19.6 Å². The van der Waals surface area contributed by atoms with Crippen LogP contribution in [0.5, 0.6) is 5.75 Å². The second-order valence-electron chi connectivity index (χ2n) is 20.6. The van der Waals surface area contributed by atoms with E-state index in [1.165, 1.54) is 22.3 Å². The molecule has 4 heteroatoms. The van der Waals surface area contributed by atoms with Crippen LogP contribution in [0.2, 0.25) is 0 Å². The molecule has 7 aromatic carbocycles. The Kier molecular flexibility index (Phi) is 11.6. The Hall–Kier alpha value is -7.04. The molecule has 0 spiro atoms. The van der Waals surface area contributed by atoms with Gasteiger partial charge < -0.3 is 5.11 Å². The van der Waals surface area contributed by atoms with E-state index in [-0.39, 0.29) is 16.6 Å². The third-order valence-corrected chi connectivity index (χ3v) is 13.0. The van der Waals surface area contributed by atoms with Gasteiger partial charge in [0.05, 0.1) is 28.0 Å². The summed E-state index contributed by atoms with van der Waals surface area (Å²) in [5.41, 5.74) is 19.0. The number of phenols is 1. The Bertz CT molecular complexity index is 3190. The van der Waals surface area contributed by atoms with Crippen LogP contribution in [0.3, 0.4) is 0 Å². The van der Waals surface area contributed by atoms with Crippen molar-refractivity contribution in [1.82, 2.24) is 14.5 Å². The van der Waals surface area contributed by atoms with Crippen molar-refractivity contribution in [2.45, 2.75) is 91.9 Å². The van der Waals surface area contributed by atoms with Crippen LogP contribution in [0.15, 0.2) is 170 Å². The van der Waals surface area contributed by atoms with E-state index in [4.69, 9.17) is 9.97 Å². The minimum absolute atomic E-state index is 0.0701. The maximum atomic E-state index is 11.8. The number of imidazole rings is 1. The molecular formula is C62H61N3O. The zero-order chi connectivity index (χ0) is 46.5. The fourth-order valence-corrected chi connectivity index (χ4v) is 8.99. The fourth-order valence-electron chi connectivity index (χ4n) is 8.99. The molecule has 0 atom stereocenters. The molecule has 1 N–H and O–H groups in total. The van der Waals surface area contributed by atoms with Gasteiger partial charge in [-0.1, -0.05) is 172 Å². The zero-order valence-corrected chi connectivity index (χ0v) is 40.1. The smallest absolute Gasteiger partial charge is 0.149 e. The highest BCUT2D eigenvalue weighted by atomic mass is 16.3. The Labute approximate surface area is 391 Å². The van der Waals surface area contributed by atoms with Gasteiger partial charge in [-0.25, -0.2) is 4.98 Å². The van der Waals surface area contributed by atoms with Crippen molar-refractivity contribution >= 4 is 11.0 Å². The molecule has 330 valence electrons. The lowest BCUT2D eigenvalue weighted by atomic mass is 9.84. The topological polar surface area (TPSA) is 50.9 Å². The number of phenolic OH excluding ortho intramolecular Hbond substituents is 1. The second-order valence-corrected chi connectivity index (χ2v) is 20.6. The quantitative estimate of drug-likeness (QED) is 0.157. The lowest BCUT2D eigenvalue weighted by Crippen LogP contribution is -2.12. The number of rotatable bonds is 9. The van der Waals surface area contributed by atoms with Crippen molar-refractivity contribution in [2.75, 3.05) is 0 Å². The third-order valence-electron chi connectivity index (χ3n) is 13.0. The van der Waals surface area contributed by atoms with Crippen molar-refractivity contribution in [3.63, 3.8) is 0 Å². The molecule has 0 fully saturated rings. The third kappa shape index (κ3) is 8.73. The van der Waals surface area contributed by atoms with Gasteiger partial charge in [-0.05, 0) is 139 Å². The van der Waals surface area contributed by atoms with Crippen molar-refractivity contribution in [3.05, 3.63) is 192 Å². The maximum absolute atomic E-state index is 11.8. The van der Waals surface area contributed by atoms with Crippen molar-refractivity contribution in [3.8, 4) is 78.6 Å². The first-order chi connectivity index (χ1) is 31.5. The Balaban J connectivity index is 1.31. The molecule has 0 saturated heterocycles. The van der Waals surface area contributed by atoms with E-state index in [2.05, 4.69) is 225 Å². The summed E-state index contributed by atoms with van der Waals surface area (Å²) in [7, 11) is 0. The van der Waals surface area contributed by atoms with Crippen LogP contribution < -0.4 is 0 Å². The van der Waals surface area contributed by atoms with E-state index in [1.807, 2.05) is 18.3 Å². The fraction of sp³-hybridized carbons (Fsp3) is 0.226. The molecule has 0 aliphatic carbocycles. The van der Waals surface area contributed by atoms with Crippen LogP contribution in [-0.2, 0) is 10.8 Å². The van der Waals surface area contributed by atoms with Gasteiger partial charge in [0.15, 0.2) is 0 Å². The molecule has 0 amide bonds. The van der Waals surface area contributed by atoms with Gasteiger partial charge in [-0.2, -0.15) is 0 Å². The highest BCUT2D eigenvalue weighted by molar-refractivity contribution is 5.98. The predicted molar refractivity (Wildman–Crippen MR) is 279 cm³/mol. The zero-order valence-electron chi connectivity index (χ0n) is 40.1. The lowest BCUT2D eigenvalue weighted by Gasteiger charge is -2.23. The Morgan fingerprint density at radius 2 is 1.03 bits per heavy atom. The molecule has 0 radical (unpaired) electrons. The number of hydrogen-bond donors (Lipinski definition) is 1. The standard InChI is InChI=1S/C62H61N3O/c1-39(2)44-30-45(40(3)4)32-47(31-44)43-28-29-63-55(36-43)49-34-46(41-18-13-11-14-19-41)33-48(35-49)52-22-17-23-57-59(52)64-60(54-38-51(62(8,9)10)25-27-58(54)66)65(57)56-26-24-50(61(5,6)7)37-53(56)42-20-15-12-16-21-42/h11-40,66H,1-10H3. The van der Waals surface area contributed by atoms with E-state index < -0.39 is 0 Å². The maximum Gasteiger partial charge on any atom is 0.149 e. The predicted octanol–water partition coefficient (Wildman–Crippen LogP) is 17.0. The average Bonchev–Trinajstić information content (AvgIpc) is 3.70. The van der Waals surface area contributed by atoms with E-state index in [9.17, 15) is 5.11 Å². The minimum atomic E-state index is -0.151. The summed E-state index contributed by atoms with van der Waals surface area (Å²) in [6.07, 6.45) is 1.94. The second kappa shape index (κ2) is 17.4. The molecule has 0 unspecified atom stereocenters. The summed E-state index contributed by atoms with van der Waals surface area (Å²) in [6.45, 7) is 22.4. The highest BCUT2D eigenvalue weighted by Crippen LogP contribution is 2.44. The molecule has 66 heavy (non-hydrogen) atoms. The highest BCUT2D eigenvalue weighted by Gasteiger charge is 2.26. The molecule has 9 aromatic rings. The van der Waals surface area contributed by atoms with Gasteiger partial charge in [-0.3, -0.25) is 9.55 Å². The molecule has 4 nitrogen and oxygen atoms in total. The number of aromatic nitrogens is 3. The summed E-state index contributed by atoms with van der Waals surface area (Å²) in [6, 6.07) is 58.7. The van der Waals surface area contributed by atoms with Crippen LogP contribution in [0.1, 0.15) is 103 Å². The lowest BCUT2D eigenvalue weighted by molar-refractivity contribution is 0.475. The molecular weight excluding hydrogens is 803 g/mol. The largest absolute Gasteiger partial charge is 0.507 e. The number of benzene rings is 7. The van der Waals surface area contributed by atoms with Crippen LogP contribution in [0, 0.1) is 0 Å². The van der Waals surface area contributed by atoms with E-state index >= 15 is 0 Å². The van der Waals surface area contributed by atoms with Gasteiger partial charge in [0.2, 0.25) is 0 Å². The van der Waals surface area contributed by atoms with E-state index in [1.54, 1.807) is 0 Å². The number of hydrogen-bond acceptors (Lipinski definition) is 3. The molecule has 0 bridgehead atoms. The number of aromatic hydroxyl groups is 1. The summed E-state index contributed by atoms with van der Waals surface area (Å²) in [5.74, 6) is 1.70. The number of nitrogens with zero attached hydrogens (tertiary/aromatic N) is 3. The van der Waals surface area contributed by atoms with Gasteiger partial charge >= 0.3 is 0 Å². The number of pyridine rings is 1. The number of para-hydroxylation sites is 1. The first-order valence-electron chi connectivity index (χ1n) is 23.4. The van der Waals surface area contributed by atoms with Crippen molar-refractivity contribution in [2.24, 2.45) is 0 Å². The molecule has 0 saturated carbocycles. The number of fused-ring (bicyclic) bond motifs is 1. The summed E-state index contributed by atoms with van der Waals surface area (Å²) in [4.78, 5) is 10.6. The first kappa shape index (κ1) is 44.2. The molecule has 9 rings (SSSR count). The molecule has 0 aliphatic rings. The Morgan fingerprint density at radius 1 is 0.455 bits per heavy atom. The SMILES string of the molecule is CC(C)c1cc(-c2ccnc(-c3cc(-c4ccccc4)cc(-c4cccc5c4nc(-c4cc(C(C)(C)C)ccc4O)n5-c4ccc(C(C)(C)C)cc4-c4ccccc4)c3)c2)cc(C(C)C)c1. The van der Waals surface area contributed by atoms with E-state index in [0.717, 1.165) is 72.5 Å². The van der Waals surface area contributed by atoms with Gasteiger partial charge in [0.25, 0.3) is 0 Å². The van der Waals surface area contributed by atoms with Crippen LogP contribution >= 0.6 is 0 Å². The normalized spacial score (nSPS) is 12.1. The monoisotopic (exact) mass is 863 g/mol. The summed E-state index contributed by atoms with van der Waals surface area (Å²) >= 11 is 0. The minimum Gasteiger partial charge on any atom is -0.507 e. The van der Waals surface area contributed by atoms with Gasteiger partial charge in [0.1, 0.15) is 11.6 Å². The molecule has 0 aliphatic heterocycles. The van der Waals surface area contributed by atoms with Crippen LogP contribution in [0.4, 0.5) is 0 Å². The average molecular weight is 864 g/mol. The van der Waals surface area contributed by atoms with E-state index in [0.29, 0.717) is 23.2 Å². The van der Waals surface area contributed by atoms with Gasteiger partial charge in [0, 0.05) is 22.9 Å². The summed E-state index contributed by atoms with van der Waals surface area (Å²) in [5, 5.41) is 11.8. The van der Waals surface area contributed by atoms with Crippen molar-refractivity contribution < 1.29 is 5.11 Å². The van der Waals surface area contributed by atoms with Gasteiger partial charge in [-0.15, -0.1) is 0 Å². The molecule has 2 aromatic heterocycles. The Morgan fingerprint density at radius 3 is 1.67 bits per heavy atom. The first-order valence-corrected chi connectivity index (χ1v) is 23.4. The molecule has 2 heterocycles. The summed E-state index contributed by atoms with van der Waals surface area (Å²) < 4.78 is 2.26.